The third kappa shape index (κ3) is 4.76. The van der Waals surface area contributed by atoms with Crippen LogP contribution in [0.4, 0.5) is 8.78 Å². The van der Waals surface area contributed by atoms with Gasteiger partial charge in [0.05, 0.1) is 30.2 Å². The minimum atomic E-state index is -0.302. The maximum atomic E-state index is 14.1. The first kappa shape index (κ1) is 23.0. The van der Waals surface area contributed by atoms with Crippen LogP contribution in [-0.4, -0.2) is 27.6 Å². The molecule has 0 saturated carbocycles. The summed E-state index contributed by atoms with van der Waals surface area (Å²) in [5, 5.41) is 3.43. The highest BCUT2D eigenvalue weighted by Crippen LogP contribution is 2.20. The normalized spacial score (nSPS) is 15.4. The largest absolute Gasteiger partial charge is 0.365 e. The molecule has 180 valence electrons. The van der Waals surface area contributed by atoms with Crippen molar-refractivity contribution in [3.05, 3.63) is 106 Å². The second-order valence-corrected chi connectivity index (χ2v) is 9.03. The van der Waals surface area contributed by atoms with Crippen molar-refractivity contribution in [3.63, 3.8) is 0 Å². The van der Waals surface area contributed by atoms with Crippen molar-refractivity contribution >= 4 is 16.9 Å². The van der Waals surface area contributed by atoms with E-state index >= 15 is 0 Å². The number of nitrogens with zero attached hydrogens (tertiary/aromatic N) is 3. The molecular weight excluding hydrogens is 446 g/mol. The molecule has 0 fully saturated rings. The van der Waals surface area contributed by atoms with E-state index in [2.05, 4.69) is 17.2 Å². The number of nitrogens with one attached hydrogen (secondary N) is 1. The Morgan fingerprint density at radius 3 is 2.57 bits per heavy atom. The first-order valence-corrected chi connectivity index (χ1v) is 12.1. The van der Waals surface area contributed by atoms with E-state index < -0.39 is 0 Å². The number of unbranched alkanes of at least 4 members (excludes halogenated alkanes) is 1. The van der Waals surface area contributed by atoms with Crippen molar-refractivity contribution in [2.24, 2.45) is 4.99 Å². The lowest BCUT2D eigenvalue weighted by Crippen LogP contribution is -2.32. The van der Waals surface area contributed by atoms with E-state index in [0.29, 0.717) is 31.6 Å². The van der Waals surface area contributed by atoms with Crippen LogP contribution in [0.1, 0.15) is 36.5 Å². The van der Waals surface area contributed by atoms with Gasteiger partial charge < -0.3 is 5.32 Å². The van der Waals surface area contributed by atoms with E-state index in [0.717, 1.165) is 40.8 Å². The van der Waals surface area contributed by atoms with Gasteiger partial charge in [0.1, 0.15) is 17.5 Å². The Hall–Kier alpha value is -3.74. The van der Waals surface area contributed by atoms with E-state index in [1.54, 1.807) is 28.8 Å². The second kappa shape index (κ2) is 9.86. The molecular formula is C28H28F2N4O. The summed E-state index contributed by atoms with van der Waals surface area (Å²) >= 11 is 0. The fraction of sp³-hybridized carbons (Fsp3) is 0.286. The molecule has 1 atom stereocenters. The van der Waals surface area contributed by atoms with Crippen LogP contribution in [0, 0.1) is 11.6 Å². The fourth-order valence-corrected chi connectivity index (χ4v) is 4.63. The van der Waals surface area contributed by atoms with Crippen LogP contribution in [0.25, 0.3) is 11.0 Å². The van der Waals surface area contributed by atoms with Crippen LogP contribution in [0.5, 0.6) is 0 Å². The van der Waals surface area contributed by atoms with E-state index in [1.807, 2.05) is 28.8 Å². The molecule has 1 aliphatic rings. The predicted octanol–water partition coefficient (Wildman–Crippen LogP) is 4.89. The Balaban J connectivity index is 1.45. The monoisotopic (exact) mass is 474 g/mol. The predicted molar refractivity (Wildman–Crippen MR) is 135 cm³/mol. The van der Waals surface area contributed by atoms with Crippen LogP contribution in [0.2, 0.25) is 0 Å². The highest BCUT2D eigenvalue weighted by atomic mass is 19.1. The van der Waals surface area contributed by atoms with Crippen molar-refractivity contribution in [1.29, 1.82) is 0 Å². The number of benzene rings is 3. The van der Waals surface area contributed by atoms with Gasteiger partial charge in [-0.25, -0.2) is 13.6 Å². The Bertz CT molecular complexity index is 1440. The fourth-order valence-electron chi connectivity index (χ4n) is 4.63. The zero-order valence-electron chi connectivity index (χ0n) is 19.7. The summed E-state index contributed by atoms with van der Waals surface area (Å²) in [6.07, 6.45) is 2.44. The maximum absolute atomic E-state index is 14.1. The Morgan fingerprint density at radius 2 is 1.80 bits per heavy atom. The lowest BCUT2D eigenvalue weighted by atomic mass is 10.1. The van der Waals surface area contributed by atoms with Gasteiger partial charge in [-0.05, 0) is 60.4 Å². The molecule has 0 aliphatic carbocycles. The number of rotatable bonds is 8. The molecule has 1 aliphatic heterocycles. The molecule has 5 nitrogen and oxygen atoms in total. The Labute approximate surface area is 202 Å². The summed E-state index contributed by atoms with van der Waals surface area (Å²) in [5.41, 5.74) is 4.02. The van der Waals surface area contributed by atoms with Gasteiger partial charge in [-0.1, -0.05) is 43.7 Å². The summed E-state index contributed by atoms with van der Waals surface area (Å²) in [5.74, 6) is 0.238. The summed E-state index contributed by atoms with van der Waals surface area (Å²) in [4.78, 5) is 18.0. The van der Waals surface area contributed by atoms with Crippen molar-refractivity contribution in [2.75, 3.05) is 6.54 Å². The molecule has 1 aromatic heterocycles. The smallest absolute Gasteiger partial charge is 0.329 e. The Kier molecular flexibility index (Phi) is 6.49. The number of imidazole rings is 1. The number of aromatic nitrogens is 2. The molecule has 0 bridgehead atoms. The first-order chi connectivity index (χ1) is 17.0. The number of aliphatic imine (C=N–C) groups is 1. The molecule has 2 heterocycles. The number of amidine groups is 1. The molecule has 4 aromatic rings. The molecule has 0 saturated heterocycles. The van der Waals surface area contributed by atoms with E-state index in [9.17, 15) is 13.6 Å². The second-order valence-electron chi connectivity index (χ2n) is 9.03. The lowest BCUT2D eigenvalue weighted by molar-refractivity contribution is 0.581. The topological polar surface area (TPSA) is 51.3 Å². The van der Waals surface area contributed by atoms with Gasteiger partial charge in [0.15, 0.2) is 0 Å². The minimum Gasteiger partial charge on any atom is -0.365 e. The van der Waals surface area contributed by atoms with Crippen molar-refractivity contribution in [2.45, 2.75) is 45.3 Å². The van der Waals surface area contributed by atoms with Crippen LogP contribution in [0.3, 0.4) is 0 Å². The quantitative estimate of drug-likeness (QED) is 0.395. The average Bonchev–Trinajstić information content (AvgIpc) is 3.43. The zero-order valence-corrected chi connectivity index (χ0v) is 19.7. The number of aryl methyl sites for hydroxylation is 1. The van der Waals surface area contributed by atoms with Crippen LogP contribution in [0.15, 0.2) is 76.5 Å². The van der Waals surface area contributed by atoms with Crippen molar-refractivity contribution in [3.8, 4) is 0 Å². The molecule has 0 radical (unpaired) electrons. The lowest BCUT2D eigenvalue weighted by Gasteiger charge is -2.13. The summed E-state index contributed by atoms with van der Waals surface area (Å²) in [6, 6.07) is 19.0. The number of fused-ring (bicyclic) bond motifs is 1. The molecule has 3 aromatic carbocycles. The zero-order chi connectivity index (χ0) is 24.4. The van der Waals surface area contributed by atoms with Gasteiger partial charge in [0, 0.05) is 12.1 Å². The third-order valence-electron chi connectivity index (χ3n) is 6.52. The molecule has 35 heavy (non-hydrogen) atoms. The maximum Gasteiger partial charge on any atom is 0.329 e. The Morgan fingerprint density at radius 1 is 1.00 bits per heavy atom. The number of hydrogen-bond acceptors (Lipinski definition) is 3. The highest BCUT2D eigenvalue weighted by Gasteiger charge is 2.22. The molecule has 7 heteroatoms. The SMILES string of the molecule is CCCCn1c(=O)n(Cc2ccc(F)cc2)c2cc(C3=NCC(Cc4ccccc4F)N3)ccc21. The standard InChI is InChI=1S/C28H28F2N4O/c1-2-3-14-33-25-13-10-21(27-31-17-23(32-27)15-20-6-4-5-7-24(20)30)16-26(25)34(28(33)35)18-19-8-11-22(29)12-9-19/h4-13,16,23H,2-3,14-15,17-18H2,1H3,(H,31,32). The molecule has 0 spiro atoms. The van der Waals surface area contributed by atoms with Crippen LogP contribution < -0.4 is 11.0 Å². The van der Waals surface area contributed by atoms with E-state index in [-0.39, 0.29) is 23.4 Å². The van der Waals surface area contributed by atoms with E-state index in [4.69, 9.17) is 0 Å². The van der Waals surface area contributed by atoms with Gasteiger partial charge in [0.2, 0.25) is 0 Å². The van der Waals surface area contributed by atoms with Gasteiger partial charge in [-0.2, -0.15) is 0 Å². The van der Waals surface area contributed by atoms with Gasteiger partial charge in [-0.15, -0.1) is 0 Å². The number of halogens is 2. The summed E-state index contributed by atoms with van der Waals surface area (Å²) in [6.45, 7) is 3.66. The summed E-state index contributed by atoms with van der Waals surface area (Å²) < 4.78 is 31.1. The van der Waals surface area contributed by atoms with Gasteiger partial charge >= 0.3 is 5.69 Å². The van der Waals surface area contributed by atoms with E-state index in [1.165, 1.54) is 18.2 Å². The summed E-state index contributed by atoms with van der Waals surface area (Å²) in [7, 11) is 0. The number of hydrogen-bond donors (Lipinski definition) is 1. The molecule has 1 unspecified atom stereocenters. The van der Waals surface area contributed by atoms with Crippen LogP contribution in [-0.2, 0) is 19.5 Å². The van der Waals surface area contributed by atoms with Crippen molar-refractivity contribution in [1.82, 2.24) is 14.5 Å². The van der Waals surface area contributed by atoms with Crippen molar-refractivity contribution < 1.29 is 8.78 Å². The first-order valence-electron chi connectivity index (χ1n) is 12.1. The molecule has 0 amide bonds. The van der Waals surface area contributed by atoms with Gasteiger partial charge in [-0.3, -0.25) is 14.1 Å². The van der Waals surface area contributed by atoms with Gasteiger partial charge in [0.25, 0.3) is 0 Å². The molecule has 1 N–H and O–H groups in total. The highest BCUT2D eigenvalue weighted by molar-refractivity contribution is 6.02. The average molecular weight is 475 g/mol. The van der Waals surface area contributed by atoms with Crippen LogP contribution >= 0.6 is 0 Å². The third-order valence-corrected chi connectivity index (χ3v) is 6.52. The molecule has 5 rings (SSSR count). The minimum absolute atomic E-state index is 0.00755.